The Kier molecular flexibility index (Phi) is 3.80. The third kappa shape index (κ3) is 2.45. The number of aromatic nitrogens is 1. The predicted octanol–water partition coefficient (Wildman–Crippen LogP) is 0.969. The highest BCUT2D eigenvalue weighted by Gasteiger charge is 2.27. The van der Waals surface area contributed by atoms with Gasteiger partial charge >= 0.3 is 0 Å². The van der Waals surface area contributed by atoms with Crippen molar-refractivity contribution < 1.29 is 4.74 Å². The average molecular weight is 246 g/mol. The van der Waals surface area contributed by atoms with Gasteiger partial charge in [-0.25, -0.2) is 0 Å². The molecule has 0 amide bonds. The quantitative estimate of drug-likeness (QED) is 0.831. The second-order valence-corrected chi connectivity index (χ2v) is 4.57. The lowest BCUT2D eigenvalue weighted by molar-refractivity contribution is 0.111. The van der Waals surface area contributed by atoms with E-state index in [2.05, 4.69) is 21.7 Å². The van der Waals surface area contributed by atoms with Gasteiger partial charge in [0.2, 0.25) is 0 Å². The summed E-state index contributed by atoms with van der Waals surface area (Å²) in [5.74, 6) is 0. The third-order valence-electron chi connectivity index (χ3n) is 3.24. The lowest BCUT2D eigenvalue weighted by Crippen LogP contribution is -2.33. The Morgan fingerprint density at radius 1 is 1.50 bits per heavy atom. The Hall–Kier alpha value is -1.64. The van der Waals surface area contributed by atoms with E-state index in [1.807, 2.05) is 19.9 Å². The van der Waals surface area contributed by atoms with Crippen LogP contribution in [0.5, 0.6) is 0 Å². The molecule has 1 saturated heterocycles. The van der Waals surface area contributed by atoms with E-state index < -0.39 is 0 Å². The maximum Gasteiger partial charge on any atom is 0.103 e. The second-order valence-electron chi connectivity index (χ2n) is 4.57. The SMILES string of the molecule is CO[C@H]1CNCC1Nc1cc(C)nc(C)c1C#N. The van der Waals surface area contributed by atoms with Gasteiger partial charge in [0.1, 0.15) is 6.07 Å². The molecule has 0 aliphatic carbocycles. The first-order valence-electron chi connectivity index (χ1n) is 6.04. The molecular weight excluding hydrogens is 228 g/mol. The predicted molar refractivity (Wildman–Crippen MR) is 69.5 cm³/mol. The van der Waals surface area contributed by atoms with Gasteiger partial charge in [-0.15, -0.1) is 0 Å². The summed E-state index contributed by atoms with van der Waals surface area (Å²) in [4.78, 5) is 4.31. The summed E-state index contributed by atoms with van der Waals surface area (Å²) in [7, 11) is 1.71. The number of rotatable bonds is 3. The van der Waals surface area contributed by atoms with Gasteiger partial charge in [0.05, 0.1) is 29.1 Å². The topological polar surface area (TPSA) is 70.0 Å². The van der Waals surface area contributed by atoms with E-state index in [0.29, 0.717) is 5.56 Å². The summed E-state index contributed by atoms with van der Waals surface area (Å²) in [5, 5.41) is 15.9. The molecule has 1 fully saturated rings. The van der Waals surface area contributed by atoms with Gasteiger partial charge in [-0.2, -0.15) is 5.26 Å². The summed E-state index contributed by atoms with van der Waals surface area (Å²) in [6.07, 6.45) is 0.130. The van der Waals surface area contributed by atoms with E-state index in [1.54, 1.807) is 7.11 Å². The number of methoxy groups -OCH3 is 1. The van der Waals surface area contributed by atoms with Crippen LogP contribution in [0.25, 0.3) is 0 Å². The monoisotopic (exact) mass is 246 g/mol. The molecule has 1 aromatic heterocycles. The van der Waals surface area contributed by atoms with E-state index in [-0.39, 0.29) is 12.1 Å². The van der Waals surface area contributed by atoms with Crippen molar-refractivity contribution in [3.63, 3.8) is 0 Å². The fraction of sp³-hybridized carbons (Fsp3) is 0.538. The van der Waals surface area contributed by atoms with Crippen LogP contribution >= 0.6 is 0 Å². The number of nitrogens with one attached hydrogen (secondary N) is 2. The van der Waals surface area contributed by atoms with Crippen molar-refractivity contribution in [2.24, 2.45) is 0 Å². The first kappa shape index (κ1) is 12.8. The first-order chi connectivity index (χ1) is 8.65. The fourth-order valence-electron chi connectivity index (χ4n) is 2.33. The van der Waals surface area contributed by atoms with Crippen molar-refractivity contribution in [1.82, 2.24) is 10.3 Å². The largest absolute Gasteiger partial charge is 0.378 e. The van der Waals surface area contributed by atoms with Crippen LogP contribution in [0.15, 0.2) is 6.07 Å². The standard InChI is InChI=1S/C13H18N4O/c1-8-4-11(10(5-14)9(2)16-8)17-12-6-15-7-13(12)18-3/h4,12-13,15H,6-7H2,1-3H3,(H,16,17)/t12?,13-/m0/s1. The molecule has 5 heteroatoms. The van der Waals surface area contributed by atoms with E-state index in [1.165, 1.54) is 0 Å². The molecule has 96 valence electrons. The maximum atomic E-state index is 9.21. The smallest absolute Gasteiger partial charge is 0.103 e. The van der Waals surface area contributed by atoms with Gasteiger partial charge < -0.3 is 15.4 Å². The molecule has 18 heavy (non-hydrogen) atoms. The van der Waals surface area contributed by atoms with Crippen LogP contribution in [0.4, 0.5) is 5.69 Å². The van der Waals surface area contributed by atoms with Crippen LogP contribution in [-0.4, -0.2) is 37.3 Å². The summed E-state index contributed by atoms with van der Waals surface area (Å²) < 4.78 is 5.41. The Morgan fingerprint density at radius 2 is 2.28 bits per heavy atom. The molecule has 2 heterocycles. The molecule has 1 unspecified atom stereocenters. The van der Waals surface area contributed by atoms with E-state index in [9.17, 15) is 5.26 Å². The highest BCUT2D eigenvalue weighted by molar-refractivity contribution is 5.60. The fourth-order valence-corrected chi connectivity index (χ4v) is 2.33. The van der Waals surface area contributed by atoms with Crippen LogP contribution in [0.2, 0.25) is 0 Å². The maximum absolute atomic E-state index is 9.21. The number of ether oxygens (including phenoxy) is 1. The summed E-state index contributed by atoms with van der Waals surface area (Å²) >= 11 is 0. The van der Waals surface area contributed by atoms with Crippen LogP contribution in [0, 0.1) is 25.2 Å². The normalized spacial score (nSPS) is 22.8. The molecule has 0 bridgehead atoms. The van der Waals surface area contributed by atoms with E-state index in [4.69, 9.17) is 4.74 Å². The zero-order valence-electron chi connectivity index (χ0n) is 10.9. The number of aryl methyl sites for hydroxylation is 2. The molecule has 0 spiro atoms. The summed E-state index contributed by atoms with van der Waals surface area (Å²) in [6, 6.07) is 4.31. The van der Waals surface area contributed by atoms with Crippen molar-refractivity contribution in [2.45, 2.75) is 26.0 Å². The number of hydrogen-bond acceptors (Lipinski definition) is 5. The minimum atomic E-state index is 0.130. The molecule has 5 nitrogen and oxygen atoms in total. The summed E-state index contributed by atoms with van der Waals surface area (Å²) in [6.45, 7) is 5.46. The van der Waals surface area contributed by atoms with Gasteiger partial charge in [-0.3, -0.25) is 4.98 Å². The molecule has 1 aliphatic heterocycles. The Bertz CT molecular complexity index is 481. The van der Waals surface area contributed by atoms with Crippen molar-refractivity contribution in [2.75, 3.05) is 25.5 Å². The minimum Gasteiger partial charge on any atom is -0.378 e. The average Bonchev–Trinajstić information content (AvgIpc) is 2.76. The van der Waals surface area contributed by atoms with Gasteiger partial charge in [-0.05, 0) is 19.9 Å². The number of hydrogen-bond donors (Lipinski definition) is 2. The van der Waals surface area contributed by atoms with E-state index >= 15 is 0 Å². The van der Waals surface area contributed by atoms with Gasteiger partial charge in [0, 0.05) is 25.9 Å². The van der Waals surface area contributed by atoms with Gasteiger partial charge in [-0.1, -0.05) is 0 Å². The van der Waals surface area contributed by atoms with Crippen molar-refractivity contribution in [3.8, 4) is 6.07 Å². The van der Waals surface area contributed by atoms with Crippen molar-refractivity contribution in [3.05, 3.63) is 23.0 Å². The lowest BCUT2D eigenvalue weighted by atomic mass is 10.1. The number of nitrogens with zero attached hydrogens (tertiary/aromatic N) is 2. The lowest BCUT2D eigenvalue weighted by Gasteiger charge is -2.21. The number of pyridine rings is 1. The number of nitriles is 1. The zero-order valence-corrected chi connectivity index (χ0v) is 10.9. The summed E-state index contributed by atoms with van der Waals surface area (Å²) in [5.41, 5.74) is 3.13. The van der Waals surface area contributed by atoms with Gasteiger partial charge in [0.25, 0.3) is 0 Å². The Balaban J connectivity index is 2.26. The Labute approximate surface area is 107 Å². The Morgan fingerprint density at radius 3 is 2.94 bits per heavy atom. The molecule has 2 atom stereocenters. The molecule has 0 saturated carbocycles. The minimum absolute atomic E-state index is 0.130. The van der Waals surface area contributed by atoms with E-state index in [0.717, 1.165) is 30.2 Å². The molecule has 1 aliphatic rings. The molecular formula is C13H18N4O. The first-order valence-corrected chi connectivity index (χ1v) is 6.04. The highest BCUT2D eigenvalue weighted by atomic mass is 16.5. The van der Waals surface area contributed by atoms with Crippen LogP contribution in [0.1, 0.15) is 17.0 Å². The molecule has 2 N–H and O–H groups in total. The van der Waals surface area contributed by atoms with Gasteiger partial charge in [0.15, 0.2) is 0 Å². The third-order valence-corrected chi connectivity index (χ3v) is 3.24. The number of anilines is 1. The molecule has 2 rings (SSSR count). The highest BCUT2D eigenvalue weighted by Crippen LogP contribution is 2.21. The second kappa shape index (κ2) is 5.34. The van der Waals surface area contributed by atoms with Crippen LogP contribution < -0.4 is 10.6 Å². The molecule has 0 aromatic carbocycles. The van der Waals surface area contributed by atoms with Crippen LogP contribution in [0.3, 0.4) is 0 Å². The molecule has 1 aromatic rings. The van der Waals surface area contributed by atoms with Crippen molar-refractivity contribution in [1.29, 1.82) is 5.26 Å². The van der Waals surface area contributed by atoms with Crippen molar-refractivity contribution >= 4 is 5.69 Å². The molecule has 0 radical (unpaired) electrons. The van der Waals surface area contributed by atoms with Crippen LogP contribution in [-0.2, 0) is 4.74 Å². The zero-order chi connectivity index (χ0) is 13.1.